The second-order valence-corrected chi connectivity index (χ2v) is 8.65. The Labute approximate surface area is 148 Å². The van der Waals surface area contributed by atoms with Gasteiger partial charge in [0.05, 0.1) is 47.0 Å². The van der Waals surface area contributed by atoms with Crippen molar-refractivity contribution >= 4 is 33.2 Å². The quantitative estimate of drug-likeness (QED) is 0.817. The third-order valence-corrected chi connectivity index (χ3v) is 6.11. The predicted molar refractivity (Wildman–Crippen MR) is 94.8 cm³/mol. The van der Waals surface area contributed by atoms with Crippen LogP contribution in [0.5, 0.6) is 0 Å². The molecule has 2 aromatic rings. The number of aromatic nitrogens is 2. The van der Waals surface area contributed by atoms with Crippen LogP contribution in [0.2, 0.25) is 0 Å². The normalized spacial score (nSPS) is 16.0. The van der Waals surface area contributed by atoms with Gasteiger partial charge in [0.1, 0.15) is 6.54 Å². The molecular weight excluding hydrogens is 376 g/mol. The number of halogens is 1. The Morgan fingerprint density at radius 1 is 1.39 bits per heavy atom. The summed E-state index contributed by atoms with van der Waals surface area (Å²) in [4.78, 5) is 17.5. The van der Waals surface area contributed by atoms with E-state index in [1.165, 1.54) is 8.66 Å². The van der Waals surface area contributed by atoms with E-state index in [-0.39, 0.29) is 5.91 Å². The van der Waals surface area contributed by atoms with Gasteiger partial charge in [0.25, 0.3) is 0 Å². The summed E-state index contributed by atoms with van der Waals surface area (Å²) < 4.78 is 1.19. The van der Waals surface area contributed by atoms with E-state index in [1.807, 2.05) is 18.7 Å². The van der Waals surface area contributed by atoms with E-state index in [0.29, 0.717) is 6.42 Å². The average Bonchev–Trinajstić information content (AvgIpc) is 3.08. The summed E-state index contributed by atoms with van der Waals surface area (Å²) in [5.41, 5.74) is 2.99. The first kappa shape index (κ1) is 16.7. The molecule has 0 spiro atoms. The molecule has 3 heterocycles. The largest absolute Gasteiger partial charge is 0.331 e. The van der Waals surface area contributed by atoms with Crippen molar-refractivity contribution in [2.75, 3.05) is 26.2 Å². The van der Waals surface area contributed by atoms with Crippen LogP contribution in [0, 0.1) is 13.8 Å². The molecule has 1 saturated heterocycles. The third-order valence-electron chi connectivity index (χ3n) is 4.49. The fourth-order valence-corrected chi connectivity index (χ4v) is 4.59. The summed E-state index contributed by atoms with van der Waals surface area (Å²) in [6.07, 6.45) is 0.460. The standard InChI is InChI=1S/C16H21BrN4OS/c1-11-14(12(2)19-18-11)9-16(22)21-7-5-20(6-8-21)10-13-3-4-15(17)23-13/h3-4H,5-10H2,1-2H3,(H,18,19)/p+1. The van der Waals surface area contributed by atoms with Crippen LogP contribution < -0.4 is 4.90 Å². The van der Waals surface area contributed by atoms with Crippen LogP contribution in [0.3, 0.4) is 0 Å². The number of nitrogens with zero attached hydrogens (tertiary/aromatic N) is 2. The Kier molecular flexibility index (Phi) is 5.18. The number of piperazine rings is 1. The lowest BCUT2D eigenvalue weighted by Crippen LogP contribution is -3.13. The topological polar surface area (TPSA) is 53.4 Å². The number of carbonyl (C=O) groups is 1. The lowest BCUT2D eigenvalue weighted by molar-refractivity contribution is -0.917. The van der Waals surface area contributed by atoms with Gasteiger partial charge in [-0.1, -0.05) is 0 Å². The van der Waals surface area contributed by atoms with Gasteiger partial charge in [0.15, 0.2) is 0 Å². The maximum atomic E-state index is 12.5. The van der Waals surface area contributed by atoms with Gasteiger partial charge in [0.2, 0.25) is 5.91 Å². The van der Waals surface area contributed by atoms with Gasteiger partial charge in [0, 0.05) is 11.3 Å². The molecule has 5 nitrogen and oxygen atoms in total. The molecule has 0 bridgehead atoms. The fourth-order valence-electron chi connectivity index (χ4n) is 3.04. The molecule has 1 fully saturated rings. The van der Waals surface area contributed by atoms with Gasteiger partial charge in [-0.15, -0.1) is 11.3 Å². The lowest BCUT2D eigenvalue weighted by atomic mass is 10.1. The summed E-state index contributed by atoms with van der Waals surface area (Å²) in [6.45, 7) is 8.71. The van der Waals surface area contributed by atoms with Gasteiger partial charge >= 0.3 is 0 Å². The third kappa shape index (κ3) is 4.02. The van der Waals surface area contributed by atoms with Crippen molar-refractivity contribution in [3.63, 3.8) is 0 Å². The molecule has 1 aliphatic rings. The van der Waals surface area contributed by atoms with Crippen molar-refractivity contribution in [3.8, 4) is 0 Å². The molecule has 0 aliphatic carbocycles. The highest BCUT2D eigenvalue weighted by molar-refractivity contribution is 9.11. The van der Waals surface area contributed by atoms with Crippen LogP contribution in [0.1, 0.15) is 21.8 Å². The Morgan fingerprint density at radius 2 is 2.13 bits per heavy atom. The smallest absolute Gasteiger partial charge is 0.227 e. The van der Waals surface area contributed by atoms with Crippen LogP contribution in [0.4, 0.5) is 0 Å². The maximum absolute atomic E-state index is 12.5. The van der Waals surface area contributed by atoms with E-state index >= 15 is 0 Å². The molecule has 2 aromatic heterocycles. The van der Waals surface area contributed by atoms with Crippen LogP contribution in [-0.4, -0.2) is 47.2 Å². The number of rotatable bonds is 4. The molecule has 0 saturated carbocycles. The van der Waals surface area contributed by atoms with E-state index in [4.69, 9.17) is 0 Å². The van der Waals surface area contributed by atoms with Crippen LogP contribution in [-0.2, 0) is 17.8 Å². The van der Waals surface area contributed by atoms with E-state index in [1.54, 1.807) is 16.2 Å². The molecule has 0 atom stereocenters. The Morgan fingerprint density at radius 3 is 2.70 bits per heavy atom. The minimum atomic E-state index is 0.218. The zero-order valence-corrected chi connectivity index (χ0v) is 15.9. The Balaban J connectivity index is 1.51. The lowest BCUT2D eigenvalue weighted by Gasteiger charge is -2.32. The molecule has 3 rings (SSSR count). The molecule has 0 radical (unpaired) electrons. The number of H-pyrrole nitrogens is 1. The van der Waals surface area contributed by atoms with Gasteiger partial charge in [-0.05, 0) is 41.9 Å². The van der Waals surface area contributed by atoms with E-state index in [2.05, 4.69) is 38.3 Å². The average molecular weight is 398 g/mol. The molecule has 23 heavy (non-hydrogen) atoms. The first-order valence-corrected chi connectivity index (χ1v) is 9.50. The number of quaternary nitrogens is 1. The van der Waals surface area contributed by atoms with Crippen molar-refractivity contribution in [2.45, 2.75) is 26.8 Å². The number of hydrogen-bond acceptors (Lipinski definition) is 3. The number of aromatic amines is 1. The van der Waals surface area contributed by atoms with E-state index < -0.39 is 0 Å². The number of thiophene rings is 1. The summed E-state index contributed by atoms with van der Waals surface area (Å²) in [5, 5.41) is 7.13. The van der Waals surface area contributed by atoms with E-state index in [9.17, 15) is 4.79 Å². The monoisotopic (exact) mass is 397 g/mol. The van der Waals surface area contributed by atoms with Gasteiger partial charge in [-0.3, -0.25) is 9.89 Å². The Bertz CT molecular complexity index is 669. The molecule has 0 aromatic carbocycles. The summed E-state index contributed by atoms with van der Waals surface area (Å²) in [5.74, 6) is 0.218. The predicted octanol–water partition coefficient (Wildman–Crippen LogP) is 1.32. The van der Waals surface area contributed by atoms with Crippen LogP contribution in [0.25, 0.3) is 0 Å². The van der Waals surface area contributed by atoms with Crippen molar-refractivity contribution in [1.82, 2.24) is 15.1 Å². The molecule has 1 aliphatic heterocycles. The summed E-state index contributed by atoms with van der Waals surface area (Å²) in [7, 11) is 0. The molecule has 7 heteroatoms. The number of nitrogens with one attached hydrogen (secondary N) is 2. The van der Waals surface area contributed by atoms with Gasteiger partial charge < -0.3 is 9.80 Å². The first-order valence-electron chi connectivity index (χ1n) is 7.89. The van der Waals surface area contributed by atoms with Gasteiger partial charge in [-0.2, -0.15) is 5.10 Å². The summed E-state index contributed by atoms with van der Waals surface area (Å²) in [6, 6.07) is 4.29. The number of aryl methyl sites for hydroxylation is 2. The first-order chi connectivity index (χ1) is 11.0. The zero-order chi connectivity index (χ0) is 16.4. The van der Waals surface area contributed by atoms with Gasteiger partial charge in [-0.25, -0.2) is 0 Å². The number of amides is 1. The molecule has 124 valence electrons. The molecule has 1 amide bonds. The van der Waals surface area contributed by atoms with E-state index in [0.717, 1.165) is 49.7 Å². The SMILES string of the molecule is Cc1n[nH]c(C)c1CC(=O)N1CC[NH+](Cc2ccc(Br)s2)CC1. The molecule has 0 unspecified atom stereocenters. The Hall–Kier alpha value is -1.18. The van der Waals surface area contributed by atoms with Crippen molar-refractivity contribution < 1.29 is 9.69 Å². The van der Waals surface area contributed by atoms with Crippen molar-refractivity contribution in [1.29, 1.82) is 0 Å². The highest BCUT2D eigenvalue weighted by Crippen LogP contribution is 2.21. The second-order valence-electron chi connectivity index (χ2n) is 6.10. The van der Waals surface area contributed by atoms with Crippen molar-refractivity contribution in [2.24, 2.45) is 0 Å². The number of carbonyl (C=O) groups excluding carboxylic acids is 1. The summed E-state index contributed by atoms with van der Waals surface area (Å²) >= 11 is 5.31. The number of hydrogen-bond donors (Lipinski definition) is 2. The van der Waals surface area contributed by atoms with Crippen LogP contribution >= 0.6 is 27.3 Å². The van der Waals surface area contributed by atoms with Crippen LogP contribution in [0.15, 0.2) is 15.9 Å². The minimum Gasteiger partial charge on any atom is -0.331 e. The van der Waals surface area contributed by atoms with Crippen molar-refractivity contribution in [3.05, 3.63) is 37.7 Å². The highest BCUT2D eigenvalue weighted by Gasteiger charge is 2.25. The second kappa shape index (κ2) is 7.15. The fraction of sp³-hybridized carbons (Fsp3) is 0.500. The molecular formula is C16H22BrN4OS+. The minimum absolute atomic E-state index is 0.218. The highest BCUT2D eigenvalue weighted by atomic mass is 79.9. The zero-order valence-electron chi connectivity index (χ0n) is 13.5. The molecule has 2 N–H and O–H groups in total. The maximum Gasteiger partial charge on any atom is 0.227 e.